The number of nitrogen functional groups attached to an aromatic ring is 1. The predicted molar refractivity (Wildman–Crippen MR) is 109 cm³/mol. The van der Waals surface area contributed by atoms with Gasteiger partial charge in [-0.05, 0) is 24.8 Å². The smallest absolute Gasteiger partial charge is 0.402 e. The summed E-state index contributed by atoms with van der Waals surface area (Å²) < 4.78 is 49.4. The molecule has 10 heteroatoms. The predicted octanol–water partition coefficient (Wildman–Crippen LogP) is 3.61. The third kappa shape index (κ3) is 5.69. The normalized spacial score (nSPS) is 17.1. The zero-order chi connectivity index (χ0) is 22.0. The lowest BCUT2D eigenvalue weighted by Crippen LogP contribution is -2.35. The number of hydrogen-bond acceptors (Lipinski definition) is 6. The molecular formula is C21H26F3N5O2. The molecule has 0 unspecified atom stereocenters. The number of morpholine rings is 1. The maximum absolute atomic E-state index is 12.7. The highest BCUT2D eigenvalue weighted by Gasteiger charge is 2.32. The van der Waals surface area contributed by atoms with Gasteiger partial charge in [0, 0.05) is 56.1 Å². The minimum Gasteiger partial charge on any atom is -0.402 e. The quantitative estimate of drug-likeness (QED) is 0.680. The molecule has 2 aromatic heterocycles. The number of nitrogens with two attached hydrogens (primary N) is 1. The van der Waals surface area contributed by atoms with Crippen molar-refractivity contribution in [2.75, 3.05) is 32.0 Å². The molecule has 3 heterocycles. The van der Waals surface area contributed by atoms with Crippen LogP contribution in [0, 0.1) is 5.92 Å². The molecule has 1 saturated heterocycles. The highest BCUT2D eigenvalue weighted by Crippen LogP contribution is 2.34. The van der Waals surface area contributed by atoms with E-state index in [-0.39, 0.29) is 5.82 Å². The van der Waals surface area contributed by atoms with Crippen LogP contribution in [0.1, 0.15) is 25.1 Å². The van der Waals surface area contributed by atoms with Crippen LogP contribution < -0.4 is 10.5 Å². The summed E-state index contributed by atoms with van der Waals surface area (Å²) in [5, 5.41) is 0. The van der Waals surface area contributed by atoms with Gasteiger partial charge in [-0.2, -0.15) is 0 Å². The molecule has 168 valence electrons. The van der Waals surface area contributed by atoms with E-state index in [9.17, 15) is 13.2 Å². The van der Waals surface area contributed by atoms with Crippen LogP contribution in [0.5, 0.6) is 5.75 Å². The number of rotatable bonds is 8. The summed E-state index contributed by atoms with van der Waals surface area (Å²) in [6.45, 7) is 7.98. The van der Waals surface area contributed by atoms with Gasteiger partial charge in [-0.25, -0.2) is 9.97 Å². The Morgan fingerprint density at radius 3 is 2.71 bits per heavy atom. The van der Waals surface area contributed by atoms with E-state index in [1.807, 2.05) is 6.20 Å². The second-order valence-corrected chi connectivity index (χ2v) is 7.95. The number of nitrogens with zero attached hydrogens (tertiary/aromatic N) is 4. The maximum Gasteiger partial charge on any atom is 0.573 e. The van der Waals surface area contributed by atoms with Gasteiger partial charge < -0.3 is 24.7 Å². The van der Waals surface area contributed by atoms with Crippen molar-refractivity contribution < 1.29 is 22.6 Å². The lowest BCUT2D eigenvalue weighted by Gasteiger charge is -2.30. The molecule has 1 aliphatic heterocycles. The first-order valence-electron chi connectivity index (χ1n) is 10.4. The molecule has 31 heavy (non-hydrogen) atoms. The highest BCUT2D eigenvalue weighted by molar-refractivity contribution is 5.63. The van der Waals surface area contributed by atoms with E-state index in [1.54, 1.807) is 0 Å². The van der Waals surface area contributed by atoms with E-state index in [0.29, 0.717) is 36.9 Å². The third-order valence-corrected chi connectivity index (χ3v) is 5.53. The Morgan fingerprint density at radius 1 is 1.29 bits per heavy atom. The van der Waals surface area contributed by atoms with E-state index in [0.717, 1.165) is 37.5 Å². The SMILES string of the molecule is C=C(CCn1cc(-c2cnc(N)c(OC(F)(F)F)c2)nc1CC1CC1)N1CCOCC1. The molecular weight excluding hydrogens is 411 g/mol. The minimum absolute atomic E-state index is 0.319. The number of pyridine rings is 1. The summed E-state index contributed by atoms with van der Waals surface area (Å²) in [6, 6.07) is 1.23. The maximum atomic E-state index is 12.7. The number of imidazole rings is 1. The zero-order valence-corrected chi connectivity index (χ0v) is 17.2. The van der Waals surface area contributed by atoms with Gasteiger partial charge in [0.2, 0.25) is 0 Å². The largest absolute Gasteiger partial charge is 0.573 e. The molecule has 1 aliphatic carbocycles. The number of hydrogen-bond donors (Lipinski definition) is 1. The summed E-state index contributed by atoms with van der Waals surface area (Å²) in [4.78, 5) is 10.8. The number of alkyl halides is 3. The van der Waals surface area contributed by atoms with E-state index in [2.05, 4.69) is 25.8 Å². The Kier molecular flexibility index (Phi) is 6.08. The average molecular weight is 437 g/mol. The summed E-state index contributed by atoms with van der Waals surface area (Å²) in [6.07, 6.45) is 2.39. The van der Waals surface area contributed by atoms with Crippen molar-refractivity contribution in [1.29, 1.82) is 0 Å². The van der Waals surface area contributed by atoms with Crippen molar-refractivity contribution in [1.82, 2.24) is 19.4 Å². The van der Waals surface area contributed by atoms with Gasteiger partial charge in [0.1, 0.15) is 5.82 Å². The lowest BCUT2D eigenvalue weighted by atomic mass is 10.2. The molecule has 2 aromatic rings. The molecule has 7 nitrogen and oxygen atoms in total. The number of anilines is 1. The first-order valence-corrected chi connectivity index (χ1v) is 10.4. The van der Waals surface area contributed by atoms with Crippen LogP contribution in [0.4, 0.5) is 19.0 Å². The monoisotopic (exact) mass is 437 g/mol. The Hall–Kier alpha value is -2.75. The molecule has 2 aliphatic rings. The van der Waals surface area contributed by atoms with Gasteiger partial charge >= 0.3 is 6.36 Å². The molecule has 0 aromatic carbocycles. The van der Waals surface area contributed by atoms with Crippen molar-refractivity contribution in [3.8, 4) is 17.0 Å². The molecule has 0 atom stereocenters. The van der Waals surface area contributed by atoms with E-state index in [1.165, 1.54) is 25.1 Å². The van der Waals surface area contributed by atoms with Crippen molar-refractivity contribution in [3.05, 3.63) is 36.6 Å². The van der Waals surface area contributed by atoms with Gasteiger partial charge in [-0.15, -0.1) is 13.2 Å². The topological polar surface area (TPSA) is 78.4 Å². The summed E-state index contributed by atoms with van der Waals surface area (Å²) in [7, 11) is 0. The van der Waals surface area contributed by atoms with Gasteiger partial charge in [0.25, 0.3) is 0 Å². The molecule has 0 spiro atoms. The van der Waals surface area contributed by atoms with Crippen LogP contribution in [0.2, 0.25) is 0 Å². The van der Waals surface area contributed by atoms with Crippen molar-refractivity contribution >= 4 is 5.82 Å². The minimum atomic E-state index is -4.84. The van der Waals surface area contributed by atoms with Gasteiger partial charge in [-0.3, -0.25) is 0 Å². The molecule has 4 rings (SSSR count). The van der Waals surface area contributed by atoms with Crippen LogP contribution in [0.25, 0.3) is 11.3 Å². The number of aryl methyl sites for hydroxylation is 1. The number of halogens is 3. The van der Waals surface area contributed by atoms with Gasteiger partial charge in [-0.1, -0.05) is 6.58 Å². The molecule has 2 fully saturated rings. The molecule has 0 amide bonds. The van der Waals surface area contributed by atoms with E-state index in [4.69, 9.17) is 15.5 Å². The molecule has 1 saturated carbocycles. The summed E-state index contributed by atoms with van der Waals surface area (Å²) >= 11 is 0. The molecule has 0 radical (unpaired) electrons. The third-order valence-electron chi connectivity index (χ3n) is 5.53. The van der Waals surface area contributed by atoms with Gasteiger partial charge in [0.05, 0.1) is 18.9 Å². The Labute approximate surface area is 178 Å². The van der Waals surface area contributed by atoms with E-state index >= 15 is 0 Å². The second-order valence-electron chi connectivity index (χ2n) is 7.95. The second kappa shape index (κ2) is 8.78. The summed E-state index contributed by atoms with van der Waals surface area (Å²) in [5.41, 5.74) is 7.57. The zero-order valence-electron chi connectivity index (χ0n) is 17.2. The van der Waals surface area contributed by atoms with Crippen LogP contribution in [0.15, 0.2) is 30.7 Å². The average Bonchev–Trinajstić information content (AvgIpc) is 3.46. The fraction of sp³-hybridized carbons (Fsp3) is 0.524. The Morgan fingerprint density at radius 2 is 2.03 bits per heavy atom. The first kappa shape index (κ1) is 21.5. The summed E-state index contributed by atoms with van der Waals surface area (Å²) in [5.74, 6) is 0.692. The number of ether oxygens (including phenoxy) is 2. The van der Waals surface area contributed by atoms with Crippen LogP contribution in [-0.4, -0.2) is 52.1 Å². The fourth-order valence-electron chi connectivity index (χ4n) is 3.62. The van der Waals surface area contributed by atoms with Crippen molar-refractivity contribution in [2.45, 2.75) is 38.6 Å². The van der Waals surface area contributed by atoms with Crippen LogP contribution in [-0.2, 0) is 17.7 Å². The number of aromatic nitrogens is 3. The van der Waals surface area contributed by atoms with Gasteiger partial charge in [0.15, 0.2) is 11.6 Å². The number of allylic oxidation sites excluding steroid dienone is 1. The Bertz CT molecular complexity index is 934. The standard InChI is InChI=1S/C21H26F3N5O2/c1-14(28-6-8-30-9-7-28)4-5-29-13-17(27-19(29)10-15-2-3-15)16-11-18(20(25)26-12-16)31-21(22,23)24/h11-13,15H,1-10H2,(H2,25,26). The lowest BCUT2D eigenvalue weighted by molar-refractivity contribution is -0.274. The molecule has 2 N–H and O–H groups in total. The molecule has 0 bridgehead atoms. The Balaban J connectivity index is 1.53. The first-order chi connectivity index (χ1) is 14.8. The van der Waals surface area contributed by atoms with Crippen LogP contribution in [0.3, 0.4) is 0 Å². The van der Waals surface area contributed by atoms with Crippen molar-refractivity contribution in [2.24, 2.45) is 5.92 Å². The highest BCUT2D eigenvalue weighted by atomic mass is 19.4. The van der Waals surface area contributed by atoms with Crippen LogP contribution >= 0.6 is 0 Å². The van der Waals surface area contributed by atoms with E-state index < -0.39 is 12.1 Å². The van der Waals surface area contributed by atoms with Crippen molar-refractivity contribution in [3.63, 3.8) is 0 Å². The fourth-order valence-corrected chi connectivity index (χ4v) is 3.62.